The normalized spacial score (nSPS) is 17.0. The van der Waals surface area contributed by atoms with E-state index >= 15 is 0 Å². The highest BCUT2D eigenvalue weighted by molar-refractivity contribution is 7.89. The van der Waals surface area contributed by atoms with Gasteiger partial charge in [0.1, 0.15) is 4.90 Å². The van der Waals surface area contributed by atoms with E-state index in [0.717, 1.165) is 10.9 Å². The van der Waals surface area contributed by atoms with Gasteiger partial charge in [0.25, 0.3) is 0 Å². The van der Waals surface area contributed by atoms with Crippen molar-refractivity contribution in [3.63, 3.8) is 0 Å². The molecule has 1 saturated heterocycles. The van der Waals surface area contributed by atoms with Crippen molar-refractivity contribution in [2.45, 2.75) is 30.7 Å². The number of para-hydroxylation sites is 1. The fourth-order valence-corrected chi connectivity index (χ4v) is 5.57. The molecule has 0 spiro atoms. The van der Waals surface area contributed by atoms with Crippen LogP contribution in [0.1, 0.15) is 31.4 Å². The predicted molar refractivity (Wildman–Crippen MR) is 116 cm³/mol. The molecule has 1 fully saturated rings. The Hall–Kier alpha value is -2.77. The van der Waals surface area contributed by atoms with Crippen molar-refractivity contribution in [1.29, 1.82) is 0 Å². The van der Waals surface area contributed by atoms with Crippen molar-refractivity contribution in [1.82, 2.24) is 14.6 Å². The lowest BCUT2D eigenvalue weighted by Crippen LogP contribution is -2.43. The van der Waals surface area contributed by atoms with Crippen molar-refractivity contribution >= 4 is 26.8 Å². The molecular formula is C23H25N3O3S. The monoisotopic (exact) mass is 423 g/mol. The summed E-state index contributed by atoms with van der Waals surface area (Å²) in [6.45, 7) is 2.60. The lowest BCUT2D eigenvalue weighted by Gasteiger charge is -2.31. The smallest absolute Gasteiger partial charge is 0.245 e. The van der Waals surface area contributed by atoms with Crippen LogP contribution in [0.4, 0.5) is 0 Å². The average molecular weight is 424 g/mol. The summed E-state index contributed by atoms with van der Waals surface area (Å²) in [5, 5.41) is 3.85. The van der Waals surface area contributed by atoms with E-state index < -0.39 is 10.0 Å². The Morgan fingerprint density at radius 1 is 1.03 bits per heavy atom. The van der Waals surface area contributed by atoms with Crippen molar-refractivity contribution in [2.75, 3.05) is 13.1 Å². The van der Waals surface area contributed by atoms with E-state index in [0.29, 0.717) is 31.4 Å². The zero-order valence-corrected chi connectivity index (χ0v) is 17.7. The summed E-state index contributed by atoms with van der Waals surface area (Å²) in [6, 6.07) is 18.6. The van der Waals surface area contributed by atoms with Crippen molar-refractivity contribution in [2.24, 2.45) is 5.92 Å². The number of nitrogens with one attached hydrogen (secondary N) is 1. The van der Waals surface area contributed by atoms with Crippen LogP contribution in [-0.4, -0.2) is 36.7 Å². The van der Waals surface area contributed by atoms with E-state index in [9.17, 15) is 13.2 Å². The van der Waals surface area contributed by atoms with E-state index in [2.05, 4.69) is 10.3 Å². The maximum absolute atomic E-state index is 13.2. The third-order valence-electron chi connectivity index (χ3n) is 5.70. The molecule has 1 atom stereocenters. The summed E-state index contributed by atoms with van der Waals surface area (Å²) in [5.41, 5.74) is 1.53. The minimum atomic E-state index is -3.66. The molecule has 7 heteroatoms. The Kier molecular flexibility index (Phi) is 5.83. The quantitative estimate of drug-likeness (QED) is 0.681. The lowest BCUT2D eigenvalue weighted by atomic mass is 9.96. The van der Waals surface area contributed by atoms with E-state index in [1.807, 2.05) is 49.4 Å². The molecule has 3 aromatic rings. The Bertz CT molecular complexity index is 1140. The number of pyridine rings is 1. The number of hydrogen-bond donors (Lipinski definition) is 1. The number of fused-ring (bicyclic) bond motifs is 1. The molecule has 1 aliphatic rings. The molecule has 1 aromatic heterocycles. The van der Waals surface area contributed by atoms with Gasteiger partial charge >= 0.3 is 0 Å². The summed E-state index contributed by atoms with van der Waals surface area (Å²) < 4.78 is 27.9. The summed E-state index contributed by atoms with van der Waals surface area (Å²) in [4.78, 5) is 17.2. The van der Waals surface area contributed by atoms with Crippen LogP contribution in [0.3, 0.4) is 0 Å². The first-order chi connectivity index (χ1) is 14.5. The highest BCUT2D eigenvalue weighted by atomic mass is 32.2. The van der Waals surface area contributed by atoms with Gasteiger partial charge in [0.05, 0.1) is 11.6 Å². The molecule has 0 radical (unpaired) electrons. The molecule has 0 saturated carbocycles. The van der Waals surface area contributed by atoms with Gasteiger partial charge in [-0.15, -0.1) is 0 Å². The molecule has 4 rings (SSSR count). The van der Waals surface area contributed by atoms with Crippen LogP contribution >= 0.6 is 0 Å². The highest BCUT2D eigenvalue weighted by Crippen LogP contribution is 2.28. The summed E-state index contributed by atoms with van der Waals surface area (Å²) in [6.07, 6.45) is 2.61. The van der Waals surface area contributed by atoms with Crippen LogP contribution < -0.4 is 5.32 Å². The van der Waals surface area contributed by atoms with E-state index in [4.69, 9.17) is 0 Å². The minimum Gasteiger partial charge on any atom is -0.349 e. The Labute approximate surface area is 177 Å². The number of sulfonamides is 1. The van der Waals surface area contributed by atoms with Crippen molar-refractivity contribution in [3.05, 3.63) is 72.4 Å². The molecular weight excluding hydrogens is 398 g/mol. The van der Waals surface area contributed by atoms with Gasteiger partial charge in [0.15, 0.2) is 0 Å². The van der Waals surface area contributed by atoms with Gasteiger partial charge in [0, 0.05) is 30.6 Å². The Morgan fingerprint density at radius 2 is 1.73 bits per heavy atom. The number of carbonyl (C=O) groups is 1. The number of carbonyl (C=O) groups excluding carboxylic acids is 1. The fraction of sp³-hybridized carbons (Fsp3) is 0.304. The molecule has 2 heterocycles. The van der Waals surface area contributed by atoms with Gasteiger partial charge in [-0.1, -0.05) is 48.5 Å². The summed E-state index contributed by atoms with van der Waals surface area (Å²) in [7, 11) is -3.66. The molecule has 30 heavy (non-hydrogen) atoms. The fourth-order valence-electron chi connectivity index (χ4n) is 3.94. The minimum absolute atomic E-state index is 0.0183. The highest BCUT2D eigenvalue weighted by Gasteiger charge is 2.33. The molecule has 0 unspecified atom stereocenters. The van der Waals surface area contributed by atoms with E-state index in [1.165, 1.54) is 4.31 Å². The molecule has 0 aliphatic carbocycles. The van der Waals surface area contributed by atoms with E-state index in [-0.39, 0.29) is 22.8 Å². The van der Waals surface area contributed by atoms with Gasteiger partial charge in [0.2, 0.25) is 15.9 Å². The Balaban J connectivity index is 1.43. The van der Waals surface area contributed by atoms with Crippen molar-refractivity contribution in [3.8, 4) is 0 Å². The SMILES string of the molecule is C[C@@H](NC(=O)C1CCN(S(=O)(=O)c2cccc3cccnc23)CC1)c1ccccc1. The predicted octanol–water partition coefficient (Wildman–Crippen LogP) is 3.51. The molecule has 2 aromatic carbocycles. The third kappa shape index (κ3) is 4.08. The van der Waals surface area contributed by atoms with E-state index in [1.54, 1.807) is 24.4 Å². The number of nitrogens with zero attached hydrogens (tertiary/aromatic N) is 2. The molecule has 1 aliphatic heterocycles. The second-order valence-corrected chi connectivity index (χ2v) is 9.56. The van der Waals surface area contributed by atoms with Gasteiger partial charge in [-0.2, -0.15) is 4.31 Å². The first-order valence-electron chi connectivity index (χ1n) is 10.2. The Morgan fingerprint density at radius 3 is 2.47 bits per heavy atom. The standard InChI is InChI=1S/C23H25N3O3S/c1-17(18-7-3-2-4-8-18)25-23(27)20-12-15-26(16-13-20)30(28,29)21-11-5-9-19-10-6-14-24-22(19)21/h2-11,14,17,20H,12-13,15-16H2,1H3,(H,25,27)/t17-/m1/s1. The zero-order valence-electron chi connectivity index (χ0n) is 16.9. The lowest BCUT2D eigenvalue weighted by molar-refractivity contribution is -0.126. The van der Waals surface area contributed by atoms with Crippen LogP contribution in [0.15, 0.2) is 71.8 Å². The number of rotatable bonds is 5. The molecule has 1 N–H and O–H groups in total. The third-order valence-corrected chi connectivity index (χ3v) is 7.63. The second-order valence-electron chi connectivity index (χ2n) is 7.65. The van der Waals surface area contributed by atoms with Crippen LogP contribution in [0.5, 0.6) is 0 Å². The van der Waals surface area contributed by atoms with Crippen LogP contribution in [-0.2, 0) is 14.8 Å². The second kappa shape index (κ2) is 8.53. The van der Waals surface area contributed by atoms with Crippen LogP contribution in [0.2, 0.25) is 0 Å². The maximum Gasteiger partial charge on any atom is 0.245 e. The molecule has 0 bridgehead atoms. The van der Waals surface area contributed by atoms with Gasteiger partial charge in [-0.25, -0.2) is 8.42 Å². The number of hydrogen-bond acceptors (Lipinski definition) is 4. The first kappa shape index (κ1) is 20.5. The van der Waals surface area contributed by atoms with Gasteiger partial charge in [-0.3, -0.25) is 9.78 Å². The zero-order chi connectivity index (χ0) is 21.1. The molecule has 156 valence electrons. The number of benzene rings is 2. The topological polar surface area (TPSA) is 79.4 Å². The van der Waals surface area contributed by atoms with Crippen LogP contribution in [0, 0.1) is 5.92 Å². The number of aromatic nitrogens is 1. The molecule has 6 nitrogen and oxygen atoms in total. The number of amides is 1. The first-order valence-corrected chi connectivity index (χ1v) is 11.6. The van der Waals surface area contributed by atoms with Gasteiger partial charge < -0.3 is 5.32 Å². The largest absolute Gasteiger partial charge is 0.349 e. The van der Waals surface area contributed by atoms with Gasteiger partial charge in [-0.05, 0) is 37.5 Å². The number of piperidine rings is 1. The van der Waals surface area contributed by atoms with Crippen LogP contribution in [0.25, 0.3) is 10.9 Å². The summed E-state index contributed by atoms with van der Waals surface area (Å²) >= 11 is 0. The maximum atomic E-state index is 13.2. The molecule has 1 amide bonds. The average Bonchev–Trinajstić information content (AvgIpc) is 2.79. The summed E-state index contributed by atoms with van der Waals surface area (Å²) in [5.74, 6) is -0.205. The van der Waals surface area contributed by atoms with Crippen molar-refractivity contribution < 1.29 is 13.2 Å².